The van der Waals surface area contributed by atoms with Crippen LogP contribution >= 0.6 is 0 Å². The predicted molar refractivity (Wildman–Crippen MR) is 88.4 cm³/mol. The molecule has 24 heavy (non-hydrogen) atoms. The van der Waals surface area contributed by atoms with E-state index in [0.29, 0.717) is 12.1 Å². The Balaban J connectivity index is 1.49. The summed E-state index contributed by atoms with van der Waals surface area (Å²) in [6.07, 6.45) is 5.39. The highest BCUT2D eigenvalue weighted by Crippen LogP contribution is 2.45. The molecule has 124 valence electrons. The molecule has 0 N–H and O–H groups in total. The molecule has 0 spiro atoms. The number of hydrogen-bond acceptors (Lipinski definition) is 5. The van der Waals surface area contributed by atoms with Gasteiger partial charge >= 0.3 is 0 Å². The Hall–Kier alpha value is -2.27. The Morgan fingerprint density at radius 3 is 3.00 bits per heavy atom. The number of benzene rings is 1. The topological polar surface area (TPSA) is 43.8 Å². The van der Waals surface area contributed by atoms with E-state index in [1.807, 2.05) is 12.3 Å². The molecule has 2 atom stereocenters. The summed E-state index contributed by atoms with van der Waals surface area (Å²) in [7, 11) is 1.71. The lowest BCUT2D eigenvalue weighted by Crippen LogP contribution is -2.37. The van der Waals surface area contributed by atoms with E-state index in [1.165, 1.54) is 24.1 Å². The van der Waals surface area contributed by atoms with E-state index in [-0.39, 0.29) is 6.79 Å². The van der Waals surface area contributed by atoms with Crippen LogP contribution < -0.4 is 14.2 Å². The number of ether oxygens (including phenoxy) is 3. The number of nitrogens with zero attached hydrogens (tertiary/aromatic N) is 2. The maximum atomic E-state index is 5.60. The molecule has 1 fully saturated rings. The number of aromatic nitrogens is 1. The Kier molecular flexibility index (Phi) is 3.16. The third-order valence-electron chi connectivity index (χ3n) is 5.48. The molecule has 0 saturated carbocycles. The Labute approximate surface area is 141 Å². The van der Waals surface area contributed by atoms with Crippen LogP contribution in [0.3, 0.4) is 0 Å². The first-order valence-electron chi connectivity index (χ1n) is 8.49. The summed E-state index contributed by atoms with van der Waals surface area (Å²) < 4.78 is 16.6. The van der Waals surface area contributed by atoms with Crippen LogP contribution in [0.15, 0.2) is 30.5 Å². The lowest BCUT2D eigenvalue weighted by atomic mass is 9.97. The molecule has 1 saturated heterocycles. The minimum Gasteiger partial charge on any atom is -0.496 e. The molecule has 5 rings (SSSR count). The zero-order valence-corrected chi connectivity index (χ0v) is 13.7. The summed E-state index contributed by atoms with van der Waals surface area (Å²) >= 11 is 0. The molecule has 3 aliphatic heterocycles. The van der Waals surface area contributed by atoms with Gasteiger partial charge in [-0.25, -0.2) is 0 Å². The summed E-state index contributed by atoms with van der Waals surface area (Å²) in [5.74, 6) is 2.46. The molecule has 5 nitrogen and oxygen atoms in total. The van der Waals surface area contributed by atoms with E-state index in [0.717, 1.165) is 35.8 Å². The highest BCUT2D eigenvalue weighted by atomic mass is 16.7. The second-order valence-electron chi connectivity index (χ2n) is 6.68. The van der Waals surface area contributed by atoms with Gasteiger partial charge in [0.05, 0.1) is 7.11 Å². The van der Waals surface area contributed by atoms with Crippen molar-refractivity contribution >= 4 is 0 Å². The minimum atomic E-state index is 0.288. The van der Waals surface area contributed by atoms with E-state index in [9.17, 15) is 0 Å². The van der Waals surface area contributed by atoms with Gasteiger partial charge in [0.1, 0.15) is 5.75 Å². The molecule has 0 amide bonds. The smallest absolute Gasteiger partial charge is 0.231 e. The van der Waals surface area contributed by atoms with Gasteiger partial charge in [-0.05, 0) is 30.5 Å². The molecule has 0 radical (unpaired) electrons. The maximum absolute atomic E-state index is 5.60. The van der Waals surface area contributed by atoms with Crippen LogP contribution in [0, 0.1) is 0 Å². The second-order valence-corrected chi connectivity index (χ2v) is 6.68. The van der Waals surface area contributed by atoms with E-state index >= 15 is 0 Å². The van der Waals surface area contributed by atoms with Gasteiger partial charge in [-0.3, -0.25) is 9.88 Å². The van der Waals surface area contributed by atoms with Gasteiger partial charge < -0.3 is 14.2 Å². The van der Waals surface area contributed by atoms with Crippen LogP contribution in [0.2, 0.25) is 0 Å². The monoisotopic (exact) mass is 324 g/mol. The van der Waals surface area contributed by atoms with Crippen LogP contribution in [-0.2, 0) is 13.0 Å². The van der Waals surface area contributed by atoms with Crippen molar-refractivity contribution in [1.82, 2.24) is 9.88 Å². The second kappa shape index (κ2) is 5.38. The molecule has 2 bridgehead atoms. The summed E-state index contributed by atoms with van der Waals surface area (Å²) in [6, 6.07) is 9.32. The third kappa shape index (κ3) is 2.08. The summed E-state index contributed by atoms with van der Waals surface area (Å²) in [5.41, 5.74) is 3.83. The van der Waals surface area contributed by atoms with E-state index in [2.05, 4.69) is 28.1 Å². The first-order chi connectivity index (χ1) is 11.8. The number of hydrogen-bond donors (Lipinski definition) is 0. The SMILES string of the molecule is COc1cc2c(cc1CN1[C@H]3CC[C@@H]1c1cccnc1C3)OCO2. The van der Waals surface area contributed by atoms with Crippen molar-refractivity contribution in [3.63, 3.8) is 0 Å². The highest BCUT2D eigenvalue weighted by molar-refractivity contribution is 5.52. The highest BCUT2D eigenvalue weighted by Gasteiger charge is 2.40. The zero-order valence-electron chi connectivity index (χ0n) is 13.7. The molecule has 3 aliphatic rings. The van der Waals surface area contributed by atoms with Gasteiger partial charge in [-0.2, -0.15) is 0 Å². The molecule has 5 heteroatoms. The number of pyridine rings is 1. The van der Waals surface area contributed by atoms with Crippen molar-refractivity contribution in [2.24, 2.45) is 0 Å². The molecule has 2 aromatic rings. The van der Waals surface area contributed by atoms with Crippen LogP contribution in [0.4, 0.5) is 0 Å². The number of methoxy groups -OCH3 is 1. The zero-order chi connectivity index (χ0) is 16.1. The molecule has 1 aromatic carbocycles. The normalized spacial score (nSPS) is 24.0. The summed E-state index contributed by atoms with van der Waals surface area (Å²) in [4.78, 5) is 7.20. The standard InChI is InChI=1S/C19H20N2O3/c1-22-17-9-19-18(23-11-24-19)7-12(17)10-21-13-4-5-16(21)14-3-2-6-20-15(14)8-13/h2-3,6-7,9,13,16H,4-5,8,10-11H2,1H3/t13-,16+/m0/s1. The van der Waals surface area contributed by atoms with Crippen molar-refractivity contribution in [1.29, 1.82) is 0 Å². The van der Waals surface area contributed by atoms with Crippen molar-refractivity contribution in [3.05, 3.63) is 47.3 Å². The first kappa shape index (κ1) is 14.1. The molecule has 1 aromatic heterocycles. The van der Waals surface area contributed by atoms with Crippen molar-refractivity contribution in [3.8, 4) is 17.2 Å². The molecule has 4 heterocycles. The fourth-order valence-corrected chi connectivity index (χ4v) is 4.35. The number of rotatable bonds is 3. The quantitative estimate of drug-likeness (QED) is 0.868. The molecular formula is C19H20N2O3. The average Bonchev–Trinajstić information content (AvgIpc) is 3.17. The Bertz CT molecular complexity index is 792. The molecule has 0 unspecified atom stereocenters. The lowest BCUT2D eigenvalue weighted by molar-refractivity contribution is 0.164. The first-order valence-corrected chi connectivity index (χ1v) is 8.49. The predicted octanol–water partition coefficient (Wildman–Crippen LogP) is 3.08. The van der Waals surface area contributed by atoms with Gasteiger partial charge in [0, 0.05) is 48.6 Å². The van der Waals surface area contributed by atoms with Crippen molar-refractivity contribution < 1.29 is 14.2 Å². The Morgan fingerprint density at radius 2 is 2.12 bits per heavy atom. The van der Waals surface area contributed by atoms with Gasteiger partial charge in [-0.15, -0.1) is 0 Å². The van der Waals surface area contributed by atoms with E-state index < -0.39 is 0 Å². The molecular weight excluding hydrogens is 304 g/mol. The molecule has 0 aliphatic carbocycles. The van der Waals surface area contributed by atoms with Crippen LogP contribution in [0.1, 0.15) is 35.7 Å². The van der Waals surface area contributed by atoms with Gasteiger partial charge in [0.2, 0.25) is 6.79 Å². The van der Waals surface area contributed by atoms with Crippen LogP contribution in [0.5, 0.6) is 17.2 Å². The van der Waals surface area contributed by atoms with Crippen LogP contribution in [0.25, 0.3) is 0 Å². The fourth-order valence-electron chi connectivity index (χ4n) is 4.35. The Morgan fingerprint density at radius 1 is 1.25 bits per heavy atom. The average molecular weight is 324 g/mol. The van der Waals surface area contributed by atoms with Crippen molar-refractivity contribution in [2.45, 2.75) is 37.9 Å². The maximum Gasteiger partial charge on any atom is 0.231 e. The van der Waals surface area contributed by atoms with Crippen LogP contribution in [-0.4, -0.2) is 29.8 Å². The summed E-state index contributed by atoms with van der Waals surface area (Å²) in [6.45, 7) is 1.15. The fraction of sp³-hybridized carbons (Fsp3) is 0.421. The van der Waals surface area contributed by atoms with Gasteiger partial charge in [-0.1, -0.05) is 6.07 Å². The van der Waals surface area contributed by atoms with E-state index in [1.54, 1.807) is 7.11 Å². The van der Waals surface area contributed by atoms with Gasteiger partial charge in [0.15, 0.2) is 11.5 Å². The lowest BCUT2D eigenvalue weighted by Gasteiger charge is -2.36. The third-order valence-corrected chi connectivity index (χ3v) is 5.48. The van der Waals surface area contributed by atoms with Crippen molar-refractivity contribution in [2.75, 3.05) is 13.9 Å². The largest absolute Gasteiger partial charge is 0.496 e. The summed E-state index contributed by atoms with van der Waals surface area (Å²) in [5, 5.41) is 0. The number of fused-ring (bicyclic) bond motifs is 5. The van der Waals surface area contributed by atoms with E-state index in [4.69, 9.17) is 14.2 Å². The van der Waals surface area contributed by atoms with Gasteiger partial charge in [0.25, 0.3) is 0 Å². The minimum absolute atomic E-state index is 0.288.